The Balaban J connectivity index is 1.50. The van der Waals surface area contributed by atoms with Crippen LogP contribution in [-0.4, -0.2) is 36.1 Å². The van der Waals surface area contributed by atoms with E-state index in [0.29, 0.717) is 34.6 Å². The van der Waals surface area contributed by atoms with E-state index in [1.54, 1.807) is 22.8 Å². The normalized spacial score (nSPS) is 11.9. The first-order valence-electron chi connectivity index (χ1n) is 10.4. The summed E-state index contributed by atoms with van der Waals surface area (Å²) < 4.78 is 30.3. The largest absolute Gasteiger partial charge is 0.369 e. The number of fused-ring (bicyclic) bond motifs is 1. The van der Waals surface area contributed by atoms with Crippen molar-refractivity contribution in [1.29, 1.82) is 0 Å². The van der Waals surface area contributed by atoms with E-state index in [0.717, 1.165) is 15.6 Å². The Morgan fingerprint density at radius 3 is 2.52 bits per heavy atom. The lowest BCUT2D eigenvalue weighted by atomic mass is 10.0. The molecule has 0 aliphatic heterocycles. The molecule has 0 bridgehead atoms. The van der Waals surface area contributed by atoms with E-state index < -0.39 is 10.0 Å². The van der Waals surface area contributed by atoms with Gasteiger partial charge in [-0.2, -0.15) is 9.61 Å². The first-order chi connectivity index (χ1) is 15.8. The highest BCUT2D eigenvalue weighted by Gasteiger charge is 2.15. The molecule has 2 aromatic heterocycles. The Kier molecular flexibility index (Phi) is 7.04. The van der Waals surface area contributed by atoms with Crippen molar-refractivity contribution in [3.8, 4) is 11.3 Å². The van der Waals surface area contributed by atoms with Crippen LogP contribution in [0.25, 0.3) is 16.9 Å². The first kappa shape index (κ1) is 23.7. The molecule has 2 aromatic carbocycles. The lowest BCUT2D eigenvalue weighted by Gasteiger charge is -2.13. The molecule has 0 aliphatic carbocycles. The van der Waals surface area contributed by atoms with Crippen molar-refractivity contribution >= 4 is 49.0 Å². The van der Waals surface area contributed by atoms with Gasteiger partial charge in [-0.1, -0.05) is 55.8 Å². The van der Waals surface area contributed by atoms with Gasteiger partial charge >= 0.3 is 0 Å². The first-order valence-corrected chi connectivity index (χ1v) is 13.0. The molecular weight excluding hydrogens is 526 g/mol. The molecule has 7 nitrogen and oxygen atoms in total. The number of hydrogen-bond donors (Lipinski definition) is 2. The van der Waals surface area contributed by atoms with Gasteiger partial charge in [0.25, 0.3) is 0 Å². The number of nitrogens with one attached hydrogen (secondary N) is 2. The molecule has 4 aromatic rings. The van der Waals surface area contributed by atoms with Gasteiger partial charge in [0.05, 0.1) is 21.3 Å². The van der Waals surface area contributed by atoms with Crippen molar-refractivity contribution in [2.24, 2.45) is 0 Å². The average molecular weight is 549 g/mol. The number of hydrogen-bond acceptors (Lipinski definition) is 5. The Morgan fingerprint density at radius 1 is 1.09 bits per heavy atom. The van der Waals surface area contributed by atoms with E-state index in [1.807, 2.05) is 42.5 Å². The number of halogens is 2. The summed E-state index contributed by atoms with van der Waals surface area (Å²) in [4.78, 5) is 4.92. The van der Waals surface area contributed by atoms with Crippen LogP contribution in [0.5, 0.6) is 0 Å². The number of anilines is 1. The summed E-state index contributed by atoms with van der Waals surface area (Å²) in [5.41, 5.74) is 3.20. The molecule has 0 spiro atoms. The van der Waals surface area contributed by atoms with E-state index >= 15 is 0 Å². The lowest BCUT2D eigenvalue weighted by Crippen LogP contribution is -2.29. The monoisotopic (exact) mass is 547 g/mol. The van der Waals surface area contributed by atoms with Gasteiger partial charge in [-0.15, -0.1) is 0 Å². The summed E-state index contributed by atoms with van der Waals surface area (Å²) in [5, 5.41) is 8.18. The van der Waals surface area contributed by atoms with Crippen LogP contribution in [0.3, 0.4) is 0 Å². The minimum Gasteiger partial charge on any atom is -0.369 e. The van der Waals surface area contributed by atoms with Crippen LogP contribution in [-0.2, 0) is 10.0 Å². The maximum atomic E-state index is 12.6. The minimum absolute atomic E-state index is 0.196. The number of rotatable bonds is 8. The molecule has 0 fully saturated rings. The van der Waals surface area contributed by atoms with Crippen molar-refractivity contribution in [1.82, 2.24) is 19.3 Å². The zero-order valence-corrected chi connectivity index (χ0v) is 21.2. The number of nitrogens with zero attached hydrogens (tertiary/aromatic N) is 3. The molecule has 0 saturated heterocycles. The third-order valence-corrected chi connectivity index (χ3v) is 7.52. The zero-order chi connectivity index (χ0) is 23.6. The topological polar surface area (TPSA) is 88.4 Å². The molecule has 172 valence electrons. The maximum Gasteiger partial charge on any atom is 0.240 e. The standard InChI is InChI=1S/C23H23BrClN5O2S/c1-15(2)16-7-9-17(10-8-16)33(31,32)28-12-11-26-22-13-21(18-5-3-4-6-20(18)25)29-23-19(24)14-27-30(22)23/h3-10,13-15,26,28H,11-12H2,1-2H3. The minimum atomic E-state index is -3.60. The molecule has 0 radical (unpaired) electrons. The van der Waals surface area contributed by atoms with Crippen LogP contribution < -0.4 is 10.0 Å². The van der Waals surface area contributed by atoms with Crippen molar-refractivity contribution in [2.75, 3.05) is 18.4 Å². The van der Waals surface area contributed by atoms with Crippen molar-refractivity contribution in [2.45, 2.75) is 24.7 Å². The maximum absolute atomic E-state index is 12.6. The van der Waals surface area contributed by atoms with Gasteiger partial charge in [0, 0.05) is 29.7 Å². The van der Waals surface area contributed by atoms with E-state index in [1.165, 1.54) is 0 Å². The molecule has 0 aliphatic rings. The smallest absolute Gasteiger partial charge is 0.240 e. The molecule has 0 amide bonds. The summed E-state index contributed by atoms with van der Waals surface area (Å²) in [6.45, 7) is 4.68. The quantitative estimate of drug-likeness (QED) is 0.291. The highest BCUT2D eigenvalue weighted by molar-refractivity contribution is 9.10. The highest BCUT2D eigenvalue weighted by Crippen LogP contribution is 2.30. The van der Waals surface area contributed by atoms with E-state index in [9.17, 15) is 8.42 Å². The second-order valence-corrected chi connectivity index (χ2v) is 10.8. The van der Waals surface area contributed by atoms with Crippen molar-refractivity contribution in [3.05, 3.63) is 75.9 Å². The van der Waals surface area contributed by atoms with Crippen molar-refractivity contribution in [3.63, 3.8) is 0 Å². The van der Waals surface area contributed by atoms with Gasteiger partial charge in [-0.05, 0) is 45.6 Å². The third kappa shape index (κ3) is 5.22. The van der Waals surface area contributed by atoms with Gasteiger partial charge in [0.1, 0.15) is 5.82 Å². The Morgan fingerprint density at radius 2 is 1.82 bits per heavy atom. The Bertz CT molecular complexity index is 1390. The molecule has 10 heteroatoms. The molecule has 2 N–H and O–H groups in total. The highest BCUT2D eigenvalue weighted by atomic mass is 79.9. The molecule has 0 atom stereocenters. The molecular formula is C23H23BrClN5O2S. The molecule has 0 saturated carbocycles. The van der Waals surface area contributed by atoms with Crippen LogP contribution in [0, 0.1) is 0 Å². The van der Waals surface area contributed by atoms with E-state index in [4.69, 9.17) is 11.6 Å². The van der Waals surface area contributed by atoms with Gasteiger partial charge in [-0.3, -0.25) is 0 Å². The summed E-state index contributed by atoms with van der Waals surface area (Å²) in [6, 6.07) is 16.3. The molecule has 0 unspecified atom stereocenters. The van der Waals surface area contributed by atoms with Crippen LogP contribution in [0.4, 0.5) is 5.82 Å². The van der Waals surface area contributed by atoms with Crippen LogP contribution >= 0.6 is 27.5 Å². The number of sulfonamides is 1. The van der Waals surface area contributed by atoms with Crippen LogP contribution in [0.2, 0.25) is 5.02 Å². The fourth-order valence-corrected chi connectivity index (χ4v) is 4.97. The summed E-state index contributed by atoms with van der Waals surface area (Å²) >= 11 is 9.84. The second-order valence-electron chi connectivity index (χ2n) is 7.78. The summed E-state index contributed by atoms with van der Waals surface area (Å²) in [5.74, 6) is 1.01. The van der Waals surface area contributed by atoms with Gasteiger partial charge in [0.2, 0.25) is 10.0 Å². The molecule has 2 heterocycles. The Labute approximate surface area is 206 Å². The fourth-order valence-electron chi connectivity index (χ4n) is 3.36. The van der Waals surface area contributed by atoms with Crippen LogP contribution in [0.1, 0.15) is 25.3 Å². The zero-order valence-electron chi connectivity index (χ0n) is 18.1. The molecule has 4 rings (SSSR count). The predicted octanol–water partition coefficient (Wildman–Crippen LogP) is 5.33. The van der Waals surface area contributed by atoms with Crippen LogP contribution in [0.15, 0.2) is 70.2 Å². The van der Waals surface area contributed by atoms with Crippen molar-refractivity contribution < 1.29 is 8.42 Å². The van der Waals surface area contributed by atoms with Gasteiger partial charge in [-0.25, -0.2) is 18.1 Å². The lowest BCUT2D eigenvalue weighted by molar-refractivity contribution is 0.582. The van der Waals surface area contributed by atoms with E-state index in [-0.39, 0.29) is 11.4 Å². The second kappa shape index (κ2) is 9.80. The predicted molar refractivity (Wildman–Crippen MR) is 135 cm³/mol. The number of aromatic nitrogens is 3. The summed E-state index contributed by atoms with van der Waals surface area (Å²) in [6.07, 6.45) is 1.66. The van der Waals surface area contributed by atoms with Gasteiger partial charge < -0.3 is 5.32 Å². The summed E-state index contributed by atoms with van der Waals surface area (Å²) in [7, 11) is -3.60. The fraction of sp³-hybridized carbons (Fsp3) is 0.217. The van der Waals surface area contributed by atoms with E-state index in [2.05, 4.69) is 49.9 Å². The number of benzene rings is 2. The SMILES string of the molecule is CC(C)c1ccc(S(=O)(=O)NCCNc2cc(-c3ccccc3Cl)nc3c(Br)cnn23)cc1. The van der Waals surface area contributed by atoms with Gasteiger partial charge in [0.15, 0.2) is 5.65 Å². The third-order valence-electron chi connectivity index (χ3n) is 5.16. The average Bonchev–Trinajstić information content (AvgIpc) is 3.18. The Hall–Kier alpha value is -2.46. The molecule has 33 heavy (non-hydrogen) atoms.